The molecular weight excluding hydrogens is 238 g/mol. The normalized spacial score (nSPS) is 27.6. The molecule has 2 aromatic rings. The van der Waals surface area contributed by atoms with Crippen LogP contribution in [0.25, 0.3) is 9.40 Å². The number of piperidine rings is 1. The maximum Gasteiger partial charge on any atom is 0.108 e. The summed E-state index contributed by atoms with van der Waals surface area (Å²) < 4.78 is 5.54. The van der Waals surface area contributed by atoms with Crippen molar-refractivity contribution in [3.05, 3.63) is 17.1 Å². The van der Waals surface area contributed by atoms with Gasteiger partial charge in [-0.05, 0) is 37.5 Å². The number of likely N-dealkylation sites (N-methyl/N-ethyl adjacent to an activating group) is 1. The standard InChI is InChI=1S/C11H15N3S2/c1-14-6-8(12)2-3-9(14)10-4-7-5-13-16-11(7)15-10/h4-5,8-9H,2-3,6,12H2,1H3. The Morgan fingerprint density at radius 3 is 3.12 bits per heavy atom. The minimum Gasteiger partial charge on any atom is -0.327 e. The lowest BCUT2D eigenvalue weighted by Gasteiger charge is -2.35. The van der Waals surface area contributed by atoms with E-state index in [0.717, 1.165) is 13.0 Å². The number of nitrogens with two attached hydrogens (primary N) is 1. The lowest BCUT2D eigenvalue weighted by Crippen LogP contribution is -2.42. The molecule has 0 aliphatic carbocycles. The molecule has 3 nitrogen and oxygen atoms in total. The first kappa shape index (κ1) is 10.7. The van der Waals surface area contributed by atoms with Crippen molar-refractivity contribution in [2.45, 2.75) is 24.9 Å². The summed E-state index contributed by atoms with van der Waals surface area (Å²) in [6.07, 6.45) is 4.28. The van der Waals surface area contributed by atoms with E-state index in [2.05, 4.69) is 22.4 Å². The molecule has 0 bridgehead atoms. The topological polar surface area (TPSA) is 42.1 Å². The number of hydrogen-bond donors (Lipinski definition) is 1. The second-order valence-electron chi connectivity index (χ2n) is 4.51. The van der Waals surface area contributed by atoms with Crippen molar-refractivity contribution in [2.75, 3.05) is 13.6 Å². The van der Waals surface area contributed by atoms with E-state index in [1.54, 1.807) is 11.5 Å². The largest absolute Gasteiger partial charge is 0.327 e. The predicted octanol–water partition coefficient (Wildman–Crippen LogP) is 2.45. The van der Waals surface area contributed by atoms with Crippen LogP contribution in [0.3, 0.4) is 0 Å². The van der Waals surface area contributed by atoms with E-state index in [-0.39, 0.29) is 0 Å². The molecule has 0 aromatic carbocycles. The van der Waals surface area contributed by atoms with Gasteiger partial charge in [0.1, 0.15) is 4.01 Å². The highest BCUT2D eigenvalue weighted by Crippen LogP contribution is 2.37. The molecule has 3 heterocycles. The molecule has 2 unspecified atom stereocenters. The van der Waals surface area contributed by atoms with Gasteiger partial charge >= 0.3 is 0 Å². The molecule has 5 heteroatoms. The number of rotatable bonds is 1. The number of aromatic nitrogens is 1. The van der Waals surface area contributed by atoms with Crippen molar-refractivity contribution >= 4 is 32.3 Å². The van der Waals surface area contributed by atoms with Crippen molar-refractivity contribution < 1.29 is 0 Å². The average molecular weight is 253 g/mol. The SMILES string of the molecule is CN1CC(N)CCC1c1cc2cnsc2s1. The molecule has 16 heavy (non-hydrogen) atoms. The Hall–Kier alpha value is -0.490. The Morgan fingerprint density at radius 1 is 1.50 bits per heavy atom. The summed E-state index contributed by atoms with van der Waals surface area (Å²) in [5, 5.41) is 1.30. The van der Waals surface area contributed by atoms with Gasteiger partial charge in [-0.2, -0.15) is 4.37 Å². The molecule has 1 saturated heterocycles. The van der Waals surface area contributed by atoms with Crippen LogP contribution < -0.4 is 5.73 Å². The maximum absolute atomic E-state index is 5.97. The van der Waals surface area contributed by atoms with E-state index in [9.17, 15) is 0 Å². The van der Waals surface area contributed by atoms with Crippen LogP contribution in [0.1, 0.15) is 23.8 Å². The van der Waals surface area contributed by atoms with Crippen LogP contribution in [0, 0.1) is 0 Å². The zero-order chi connectivity index (χ0) is 11.1. The van der Waals surface area contributed by atoms with Gasteiger partial charge in [-0.1, -0.05) is 0 Å². The molecule has 2 N–H and O–H groups in total. The zero-order valence-corrected chi connectivity index (χ0v) is 10.9. The molecule has 0 saturated carbocycles. The molecule has 2 aromatic heterocycles. The third kappa shape index (κ3) is 1.78. The van der Waals surface area contributed by atoms with Crippen molar-refractivity contribution in [3.63, 3.8) is 0 Å². The lowest BCUT2D eigenvalue weighted by atomic mass is 9.98. The molecule has 1 aliphatic heterocycles. The smallest absolute Gasteiger partial charge is 0.108 e. The number of hydrogen-bond acceptors (Lipinski definition) is 5. The third-order valence-electron chi connectivity index (χ3n) is 3.27. The molecule has 1 fully saturated rings. The van der Waals surface area contributed by atoms with Gasteiger partial charge in [0.2, 0.25) is 0 Å². The van der Waals surface area contributed by atoms with Crippen molar-refractivity contribution in [3.8, 4) is 0 Å². The Balaban J connectivity index is 1.89. The summed E-state index contributed by atoms with van der Waals surface area (Å²) >= 11 is 3.49. The fourth-order valence-electron chi connectivity index (χ4n) is 2.40. The number of thiophene rings is 1. The second-order valence-corrected chi connectivity index (χ2v) is 6.65. The molecule has 0 amide bonds. The lowest BCUT2D eigenvalue weighted by molar-refractivity contribution is 0.172. The first-order valence-corrected chi connectivity index (χ1v) is 7.13. The van der Waals surface area contributed by atoms with Gasteiger partial charge in [0.05, 0.1) is 0 Å². The summed E-state index contributed by atoms with van der Waals surface area (Å²) in [6, 6.07) is 3.20. The summed E-state index contributed by atoms with van der Waals surface area (Å²) in [5.41, 5.74) is 5.97. The van der Waals surface area contributed by atoms with Gasteiger partial charge in [0.25, 0.3) is 0 Å². The number of fused-ring (bicyclic) bond motifs is 1. The molecule has 3 rings (SSSR count). The van der Waals surface area contributed by atoms with Crippen molar-refractivity contribution in [1.82, 2.24) is 9.27 Å². The quantitative estimate of drug-likeness (QED) is 0.849. The van der Waals surface area contributed by atoms with Crippen LogP contribution in [0.4, 0.5) is 0 Å². The molecule has 0 spiro atoms. The van der Waals surface area contributed by atoms with Crippen molar-refractivity contribution in [1.29, 1.82) is 0 Å². The van der Waals surface area contributed by atoms with Gasteiger partial charge in [-0.15, -0.1) is 11.3 Å². The Labute approximate surface area is 103 Å². The summed E-state index contributed by atoms with van der Waals surface area (Å²) in [4.78, 5) is 3.86. The van der Waals surface area contributed by atoms with Crippen molar-refractivity contribution in [2.24, 2.45) is 5.73 Å². The molecule has 86 valence electrons. The highest BCUT2D eigenvalue weighted by Gasteiger charge is 2.26. The van der Waals surface area contributed by atoms with Gasteiger partial charge in [0, 0.05) is 35.1 Å². The fourth-order valence-corrected chi connectivity index (χ4v) is 4.51. The fraction of sp³-hybridized carbons (Fsp3) is 0.545. The van der Waals surface area contributed by atoms with Crippen LogP contribution in [0.2, 0.25) is 0 Å². The van der Waals surface area contributed by atoms with Crippen LogP contribution in [-0.4, -0.2) is 28.9 Å². The van der Waals surface area contributed by atoms with Crippen LogP contribution in [-0.2, 0) is 0 Å². The van der Waals surface area contributed by atoms with E-state index in [1.807, 2.05) is 17.5 Å². The third-order valence-corrected chi connectivity index (χ3v) is 5.40. The van der Waals surface area contributed by atoms with Gasteiger partial charge in [0.15, 0.2) is 0 Å². The van der Waals surface area contributed by atoms with E-state index >= 15 is 0 Å². The van der Waals surface area contributed by atoms with Gasteiger partial charge < -0.3 is 5.73 Å². The highest BCUT2D eigenvalue weighted by molar-refractivity contribution is 7.36. The molecule has 1 aliphatic rings. The van der Waals surface area contributed by atoms with E-state index in [1.165, 1.54) is 20.7 Å². The summed E-state index contributed by atoms with van der Waals surface area (Å²) in [7, 11) is 2.18. The predicted molar refractivity (Wildman–Crippen MR) is 70.1 cm³/mol. The van der Waals surface area contributed by atoms with Gasteiger partial charge in [-0.3, -0.25) is 4.90 Å². The highest BCUT2D eigenvalue weighted by atomic mass is 32.2. The van der Waals surface area contributed by atoms with E-state index in [0.29, 0.717) is 12.1 Å². The molecular formula is C11H15N3S2. The minimum absolute atomic E-state index is 0.351. The Kier molecular flexibility index (Phi) is 2.71. The molecule has 2 atom stereocenters. The summed E-state index contributed by atoms with van der Waals surface area (Å²) in [5.74, 6) is 0. The average Bonchev–Trinajstić information content (AvgIpc) is 2.76. The first-order chi connectivity index (χ1) is 7.74. The van der Waals surface area contributed by atoms with E-state index < -0.39 is 0 Å². The minimum atomic E-state index is 0.351. The Bertz CT molecular complexity index is 462. The molecule has 0 radical (unpaired) electrons. The van der Waals surface area contributed by atoms with Crippen LogP contribution in [0.5, 0.6) is 0 Å². The van der Waals surface area contributed by atoms with Crippen LogP contribution in [0.15, 0.2) is 12.3 Å². The Morgan fingerprint density at radius 2 is 2.38 bits per heavy atom. The summed E-state index contributed by atoms with van der Waals surface area (Å²) in [6.45, 7) is 1.01. The number of likely N-dealkylation sites (tertiary alicyclic amines) is 1. The van der Waals surface area contributed by atoms with E-state index in [4.69, 9.17) is 5.73 Å². The van der Waals surface area contributed by atoms with Crippen LogP contribution >= 0.6 is 22.9 Å². The first-order valence-electron chi connectivity index (χ1n) is 5.54. The zero-order valence-electron chi connectivity index (χ0n) is 9.22. The number of nitrogens with zero attached hydrogens (tertiary/aromatic N) is 2. The maximum atomic E-state index is 5.97. The van der Waals surface area contributed by atoms with Gasteiger partial charge in [-0.25, -0.2) is 0 Å². The monoisotopic (exact) mass is 253 g/mol. The second kappa shape index (κ2) is 4.07.